The normalized spacial score (nSPS) is 18.4. The van der Waals surface area contributed by atoms with Crippen LogP contribution in [0.1, 0.15) is 51.7 Å². The molecule has 0 N–H and O–H groups in total. The van der Waals surface area contributed by atoms with Crippen LogP contribution in [0.25, 0.3) is 10.1 Å². The fraction of sp³-hybridized carbons (Fsp3) is 0.348. The van der Waals surface area contributed by atoms with Gasteiger partial charge in [0.25, 0.3) is 5.91 Å². The van der Waals surface area contributed by atoms with Crippen molar-refractivity contribution in [3.05, 3.63) is 69.8 Å². The van der Waals surface area contributed by atoms with E-state index in [0.717, 1.165) is 30.4 Å². The molecule has 5 rings (SSSR count). The van der Waals surface area contributed by atoms with E-state index in [4.69, 9.17) is 4.74 Å². The number of benzene rings is 2. The maximum Gasteiger partial charge on any atom is 0.265 e. The molecule has 2 aromatic carbocycles. The second-order valence-electron chi connectivity index (χ2n) is 7.65. The summed E-state index contributed by atoms with van der Waals surface area (Å²) in [5, 5.41) is 0.528. The molecule has 3 nitrogen and oxygen atoms in total. The number of methoxy groups -OCH3 is 1. The Hall–Kier alpha value is -2.24. The molecule has 0 aliphatic heterocycles. The molecule has 1 heterocycles. The van der Waals surface area contributed by atoms with Gasteiger partial charge in [0.1, 0.15) is 5.82 Å². The summed E-state index contributed by atoms with van der Waals surface area (Å²) in [6.07, 6.45) is 4.05. The molecule has 1 unspecified atom stereocenters. The molecule has 28 heavy (non-hydrogen) atoms. The third-order valence-electron chi connectivity index (χ3n) is 5.86. The van der Waals surface area contributed by atoms with Crippen LogP contribution in [0.2, 0.25) is 0 Å². The van der Waals surface area contributed by atoms with Gasteiger partial charge in [0.2, 0.25) is 0 Å². The van der Waals surface area contributed by atoms with Gasteiger partial charge in [-0.2, -0.15) is 0 Å². The summed E-state index contributed by atoms with van der Waals surface area (Å²) in [6.45, 7) is 0.238. The molecule has 1 atom stereocenters. The Labute approximate surface area is 167 Å². The standard InChI is InChI=1S/C23H22FNO2S/c1-27-13-17-21-18(24)7-4-8-20(21)28-22(17)23(26)25(15-10-11-15)19-12-9-14-5-2-3-6-16(14)19/h2-8,15,19H,9-13H2,1H3. The number of nitrogens with zero attached hydrogens (tertiary/aromatic N) is 1. The molecule has 0 saturated heterocycles. The van der Waals surface area contributed by atoms with Crippen LogP contribution < -0.4 is 0 Å². The highest BCUT2D eigenvalue weighted by Crippen LogP contribution is 2.44. The van der Waals surface area contributed by atoms with Gasteiger partial charge in [-0.1, -0.05) is 30.3 Å². The van der Waals surface area contributed by atoms with Crippen molar-refractivity contribution < 1.29 is 13.9 Å². The summed E-state index contributed by atoms with van der Waals surface area (Å²) in [6, 6.07) is 13.9. The third kappa shape index (κ3) is 2.85. The monoisotopic (exact) mass is 395 g/mol. The molecule has 3 aromatic rings. The van der Waals surface area contributed by atoms with Gasteiger partial charge in [-0.3, -0.25) is 4.79 Å². The zero-order chi connectivity index (χ0) is 19.3. The number of aryl methyl sites for hydroxylation is 1. The Kier molecular flexibility index (Phi) is 4.44. The zero-order valence-corrected chi connectivity index (χ0v) is 16.6. The van der Waals surface area contributed by atoms with E-state index in [-0.39, 0.29) is 30.4 Å². The Morgan fingerprint density at radius 1 is 1.18 bits per heavy atom. The fourth-order valence-corrected chi connectivity index (χ4v) is 5.64. The van der Waals surface area contributed by atoms with Crippen molar-refractivity contribution in [2.75, 3.05) is 7.11 Å². The lowest BCUT2D eigenvalue weighted by molar-refractivity contribution is 0.0659. The molecule has 1 amide bonds. The van der Waals surface area contributed by atoms with Gasteiger partial charge in [-0.15, -0.1) is 11.3 Å². The molecule has 1 saturated carbocycles. The highest BCUT2D eigenvalue weighted by molar-refractivity contribution is 7.21. The van der Waals surface area contributed by atoms with Crippen LogP contribution in [0.5, 0.6) is 0 Å². The van der Waals surface area contributed by atoms with Crippen molar-refractivity contribution >= 4 is 27.3 Å². The van der Waals surface area contributed by atoms with Gasteiger partial charge in [0.05, 0.1) is 17.5 Å². The van der Waals surface area contributed by atoms with Gasteiger partial charge in [-0.05, 0) is 48.9 Å². The predicted octanol–water partition coefficient (Wildman–Crippen LogP) is 5.48. The Morgan fingerprint density at radius 3 is 2.79 bits per heavy atom. The van der Waals surface area contributed by atoms with E-state index in [1.807, 2.05) is 6.07 Å². The SMILES string of the molecule is COCc1c(C(=O)N(C2CC2)C2CCc3ccccc32)sc2cccc(F)c12. The first-order valence-corrected chi connectivity index (χ1v) is 10.6. The Morgan fingerprint density at radius 2 is 2.00 bits per heavy atom. The minimum atomic E-state index is -0.288. The van der Waals surface area contributed by atoms with E-state index in [9.17, 15) is 9.18 Å². The lowest BCUT2D eigenvalue weighted by Gasteiger charge is -2.30. The van der Waals surface area contributed by atoms with Crippen molar-refractivity contribution in [2.24, 2.45) is 0 Å². The number of rotatable bonds is 5. The summed E-state index contributed by atoms with van der Waals surface area (Å²) in [7, 11) is 1.59. The third-order valence-corrected chi connectivity index (χ3v) is 7.04. The quantitative estimate of drug-likeness (QED) is 0.573. The molecular formula is C23H22FNO2S. The van der Waals surface area contributed by atoms with Crippen LogP contribution in [-0.4, -0.2) is 24.0 Å². The number of thiophene rings is 1. The van der Waals surface area contributed by atoms with Crippen LogP contribution in [0, 0.1) is 5.82 Å². The van der Waals surface area contributed by atoms with E-state index >= 15 is 0 Å². The minimum absolute atomic E-state index is 0.0249. The fourth-order valence-electron chi connectivity index (χ4n) is 4.48. The van der Waals surface area contributed by atoms with E-state index in [2.05, 4.69) is 29.2 Å². The van der Waals surface area contributed by atoms with Crippen LogP contribution in [0.4, 0.5) is 4.39 Å². The van der Waals surface area contributed by atoms with Gasteiger partial charge >= 0.3 is 0 Å². The first kappa shape index (κ1) is 17.8. The van der Waals surface area contributed by atoms with Gasteiger partial charge in [-0.25, -0.2) is 4.39 Å². The molecule has 144 valence electrons. The molecule has 0 radical (unpaired) electrons. The summed E-state index contributed by atoms with van der Waals surface area (Å²) >= 11 is 1.39. The van der Waals surface area contributed by atoms with E-state index < -0.39 is 0 Å². The van der Waals surface area contributed by atoms with E-state index in [1.54, 1.807) is 13.2 Å². The highest BCUT2D eigenvalue weighted by Gasteiger charge is 2.41. The van der Waals surface area contributed by atoms with Crippen LogP contribution in [0.3, 0.4) is 0 Å². The molecule has 2 aliphatic carbocycles. The summed E-state index contributed by atoms with van der Waals surface area (Å²) in [5.41, 5.74) is 3.29. The maximum absolute atomic E-state index is 14.5. The van der Waals surface area contributed by atoms with Crippen molar-refractivity contribution in [3.63, 3.8) is 0 Å². The first-order valence-electron chi connectivity index (χ1n) is 9.78. The summed E-state index contributed by atoms with van der Waals surface area (Å²) in [5.74, 6) is -0.263. The average molecular weight is 395 g/mol. The lowest BCUT2D eigenvalue weighted by atomic mass is 10.1. The van der Waals surface area contributed by atoms with E-state index in [1.165, 1.54) is 28.5 Å². The first-order chi connectivity index (χ1) is 13.7. The molecule has 1 fully saturated rings. The van der Waals surface area contributed by atoms with Crippen molar-refractivity contribution in [1.82, 2.24) is 4.90 Å². The molecular weight excluding hydrogens is 373 g/mol. The number of hydrogen-bond donors (Lipinski definition) is 0. The molecule has 0 spiro atoms. The van der Waals surface area contributed by atoms with Crippen molar-refractivity contribution in [1.29, 1.82) is 0 Å². The highest BCUT2D eigenvalue weighted by atomic mass is 32.1. The van der Waals surface area contributed by atoms with Gasteiger partial charge in [0.15, 0.2) is 0 Å². The number of hydrogen-bond acceptors (Lipinski definition) is 3. The number of ether oxygens (including phenoxy) is 1. The Balaban J connectivity index is 1.60. The largest absolute Gasteiger partial charge is 0.380 e. The van der Waals surface area contributed by atoms with Crippen LogP contribution >= 0.6 is 11.3 Å². The number of carbonyl (C=O) groups is 1. The Bertz CT molecular complexity index is 1060. The van der Waals surface area contributed by atoms with Crippen LogP contribution in [-0.2, 0) is 17.8 Å². The smallest absolute Gasteiger partial charge is 0.265 e. The summed E-state index contributed by atoms with van der Waals surface area (Å²) < 4.78 is 20.7. The second kappa shape index (κ2) is 6.98. The van der Waals surface area contributed by atoms with Crippen LogP contribution in [0.15, 0.2) is 42.5 Å². The average Bonchev–Trinajstić information content (AvgIpc) is 3.33. The number of fused-ring (bicyclic) bond motifs is 2. The topological polar surface area (TPSA) is 29.5 Å². The maximum atomic E-state index is 14.5. The van der Waals surface area contributed by atoms with Gasteiger partial charge in [0, 0.05) is 28.8 Å². The minimum Gasteiger partial charge on any atom is -0.380 e. The van der Waals surface area contributed by atoms with Gasteiger partial charge < -0.3 is 9.64 Å². The summed E-state index contributed by atoms with van der Waals surface area (Å²) in [4.78, 5) is 16.5. The molecule has 1 aromatic heterocycles. The molecule has 5 heteroatoms. The van der Waals surface area contributed by atoms with E-state index in [0.29, 0.717) is 15.8 Å². The predicted molar refractivity (Wildman–Crippen MR) is 109 cm³/mol. The zero-order valence-electron chi connectivity index (χ0n) is 15.8. The number of halogens is 1. The second-order valence-corrected chi connectivity index (χ2v) is 8.70. The number of carbonyl (C=O) groups excluding carboxylic acids is 1. The lowest BCUT2D eigenvalue weighted by Crippen LogP contribution is -2.36. The molecule has 0 bridgehead atoms. The number of amides is 1. The van der Waals surface area contributed by atoms with Crippen molar-refractivity contribution in [2.45, 2.75) is 44.4 Å². The van der Waals surface area contributed by atoms with Crippen molar-refractivity contribution in [3.8, 4) is 0 Å². The molecule has 2 aliphatic rings.